The largest absolute Gasteiger partial charge is 0.457 e. The van der Waals surface area contributed by atoms with Crippen molar-refractivity contribution in [2.75, 3.05) is 6.54 Å². The molecular formula is C23H25NO3S. The minimum atomic E-state index is -3.59. The summed E-state index contributed by atoms with van der Waals surface area (Å²) in [6.07, 6.45) is 0.725. The Balaban J connectivity index is 1.62. The predicted molar refractivity (Wildman–Crippen MR) is 112 cm³/mol. The van der Waals surface area contributed by atoms with Crippen molar-refractivity contribution in [3.05, 3.63) is 90.0 Å². The summed E-state index contributed by atoms with van der Waals surface area (Å²) in [7, 11) is -3.59. The van der Waals surface area contributed by atoms with Crippen molar-refractivity contribution in [1.29, 1.82) is 0 Å². The van der Waals surface area contributed by atoms with E-state index in [4.69, 9.17) is 4.74 Å². The van der Waals surface area contributed by atoms with Crippen LogP contribution in [-0.4, -0.2) is 15.0 Å². The second kappa shape index (κ2) is 9.04. The van der Waals surface area contributed by atoms with Crippen molar-refractivity contribution >= 4 is 10.0 Å². The molecule has 0 saturated heterocycles. The molecule has 3 aromatic carbocycles. The van der Waals surface area contributed by atoms with E-state index in [9.17, 15) is 8.42 Å². The molecule has 28 heavy (non-hydrogen) atoms. The number of ether oxygens (including phenoxy) is 1. The summed E-state index contributed by atoms with van der Waals surface area (Å²) in [5, 5.41) is 0. The molecule has 5 heteroatoms. The van der Waals surface area contributed by atoms with Gasteiger partial charge in [0.1, 0.15) is 11.5 Å². The summed E-state index contributed by atoms with van der Waals surface area (Å²) >= 11 is 0. The third-order valence-corrected chi connectivity index (χ3v) is 6.07. The van der Waals surface area contributed by atoms with Crippen LogP contribution in [0.25, 0.3) is 0 Å². The molecule has 0 aliphatic heterocycles. The van der Waals surface area contributed by atoms with E-state index >= 15 is 0 Å². The van der Waals surface area contributed by atoms with E-state index in [1.165, 1.54) is 5.56 Å². The van der Waals surface area contributed by atoms with Gasteiger partial charge in [0, 0.05) is 12.6 Å². The molecule has 1 N–H and O–H groups in total. The quantitative estimate of drug-likeness (QED) is 0.566. The van der Waals surface area contributed by atoms with Crippen LogP contribution in [-0.2, 0) is 10.0 Å². The second-order valence-corrected chi connectivity index (χ2v) is 8.66. The standard InChI is InChI=1S/C23H25NO3S/c1-18-11-13-21(14-12-18)27-22-9-6-10-23(17-22)28(25,26)24-16-15-19(2)20-7-4-3-5-8-20/h3-14,17,19,24H,15-16H2,1-2H3. The molecule has 4 nitrogen and oxygen atoms in total. The van der Waals surface area contributed by atoms with Crippen LogP contribution in [0.2, 0.25) is 0 Å². The topological polar surface area (TPSA) is 55.4 Å². The Labute approximate surface area is 167 Å². The number of nitrogens with one attached hydrogen (secondary N) is 1. The Kier molecular flexibility index (Phi) is 6.49. The van der Waals surface area contributed by atoms with Gasteiger partial charge in [-0.05, 0) is 49.1 Å². The average Bonchev–Trinajstić information content (AvgIpc) is 2.70. The number of sulfonamides is 1. The third kappa shape index (κ3) is 5.44. The number of hydrogen-bond acceptors (Lipinski definition) is 3. The van der Waals surface area contributed by atoms with Gasteiger partial charge in [-0.1, -0.05) is 61.0 Å². The van der Waals surface area contributed by atoms with Crippen LogP contribution in [0.1, 0.15) is 30.4 Å². The van der Waals surface area contributed by atoms with E-state index in [1.54, 1.807) is 24.3 Å². The molecule has 0 amide bonds. The van der Waals surface area contributed by atoms with Gasteiger partial charge in [-0.3, -0.25) is 0 Å². The molecule has 0 aliphatic carbocycles. The van der Waals surface area contributed by atoms with E-state index in [-0.39, 0.29) is 10.8 Å². The lowest BCUT2D eigenvalue weighted by Gasteiger charge is -2.13. The fourth-order valence-electron chi connectivity index (χ4n) is 2.89. The zero-order valence-corrected chi connectivity index (χ0v) is 16.9. The molecular weight excluding hydrogens is 370 g/mol. The van der Waals surface area contributed by atoms with Crippen LogP contribution in [0.4, 0.5) is 0 Å². The smallest absolute Gasteiger partial charge is 0.240 e. The van der Waals surface area contributed by atoms with E-state index in [0.717, 1.165) is 12.0 Å². The van der Waals surface area contributed by atoms with Gasteiger partial charge >= 0.3 is 0 Å². The lowest BCUT2D eigenvalue weighted by atomic mass is 9.98. The molecule has 0 radical (unpaired) electrons. The van der Waals surface area contributed by atoms with Crippen molar-refractivity contribution < 1.29 is 13.2 Å². The maximum Gasteiger partial charge on any atom is 0.240 e. The zero-order valence-electron chi connectivity index (χ0n) is 16.1. The molecule has 0 aliphatic rings. The van der Waals surface area contributed by atoms with Crippen LogP contribution in [0.15, 0.2) is 83.8 Å². The number of hydrogen-bond donors (Lipinski definition) is 1. The predicted octanol–water partition coefficient (Wildman–Crippen LogP) is 5.26. The lowest BCUT2D eigenvalue weighted by molar-refractivity contribution is 0.480. The van der Waals surface area contributed by atoms with Crippen LogP contribution >= 0.6 is 0 Å². The van der Waals surface area contributed by atoms with Crippen molar-refractivity contribution in [3.8, 4) is 11.5 Å². The molecule has 0 heterocycles. The monoisotopic (exact) mass is 395 g/mol. The molecule has 0 saturated carbocycles. The molecule has 3 rings (SSSR count). The maximum absolute atomic E-state index is 12.6. The second-order valence-electron chi connectivity index (χ2n) is 6.89. The van der Waals surface area contributed by atoms with Crippen molar-refractivity contribution in [2.45, 2.75) is 31.1 Å². The molecule has 0 aromatic heterocycles. The highest BCUT2D eigenvalue weighted by Crippen LogP contribution is 2.24. The first-order valence-electron chi connectivity index (χ1n) is 9.33. The van der Waals surface area contributed by atoms with Gasteiger partial charge in [0.05, 0.1) is 4.90 Å². The van der Waals surface area contributed by atoms with Crippen LogP contribution < -0.4 is 9.46 Å². The summed E-state index contributed by atoms with van der Waals surface area (Å²) in [6.45, 7) is 4.47. The number of rotatable bonds is 8. The van der Waals surface area contributed by atoms with Gasteiger partial charge in [-0.15, -0.1) is 0 Å². The van der Waals surface area contributed by atoms with Gasteiger partial charge in [-0.2, -0.15) is 0 Å². The summed E-state index contributed by atoms with van der Waals surface area (Å²) in [4.78, 5) is 0.199. The Morgan fingerprint density at radius 1 is 0.893 bits per heavy atom. The van der Waals surface area contributed by atoms with Crippen molar-refractivity contribution in [1.82, 2.24) is 4.72 Å². The fourth-order valence-corrected chi connectivity index (χ4v) is 3.97. The first kappa shape index (κ1) is 20.1. The van der Waals surface area contributed by atoms with Crippen molar-refractivity contribution in [2.24, 2.45) is 0 Å². The average molecular weight is 396 g/mol. The SMILES string of the molecule is Cc1ccc(Oc2cccc(S(=O)(=O)NCCC(C)c3ccccc3)c2)cc1. The Morgan fingerprint density at radius 3 is 2.32 bits per heavy atom. The zero-order chi connectivity index (χ0) is 20.0. The molecule has 0 bridgehead atoms. The Bertz CT molecular complexity index is 1000. The highest BCUT2D eigenvalue weighted by molar-refractivity contribution is 7.89. The minimum absolute atomic E-state index is 0.199. The van der Waals surface area contributed by atoms with E-state index < -0.39 is 10.0 Å². The minimum Gasteiger partial charge on any atom is -0.457 e. The molecule has 1 atom stereocenters. The van der Waals surface area contributed by atoms with Gasteiger partial charge < -0.3 is 4.74 Å². The summed E-state index contributed by atoms with van der Waals surface area (Å²) < 4.78 is 33.7. The molecule has 0 spiro atoms. The molecule has 146 valence electrons. The first-order chi connectivity index (χ1) is 13.4. The van der Waals surface area contributed by atoms with Crippen molar-refractivity contribution in [3.63, 3.8) is 0 Å². The third-order valence-electron chi connectivity index (χ3n) is 4.61. The Morgan fingerprint density at radius 2 is 1.61 bits per heavy atom. The number of benzene rings is 3. The van der Waals surface area contributed by atoms with Gasteiger partial charge in [0.2, 0.25) is 10.0 Å². The normalized spacial score (nSPS) is 12.5. The van der Waals surface area contributed by atoms with Gasteiger partial charge in [0.25, 0.3) is 0 Å². The number of aryl methyl sites for hydroxylation is 1. The molecule has 0 fully saturated rings. The van der Waals surface area contributed by atoms with E-state index in [2.05, 4.69) is 23.8 Å². The molecule has 1 unspecified atom stereocenters. The van der Waals surface area contributed by atoms with Gasteiger partial charge in [0.15, 0.2) is 0 Å². The fraction of sp³-hybridized carbons (Fsp3) is 0.217. The first-order valence-corrected chi connectivity index (χ1v) is 10.8. The van der Waals surface area contributed by atoms with E-state index in [1.807, 2.05) is 49.4 Å². The van der Waals surface area contributed by atoms with E-state index in [0.29, 0.717) is 18.0 Å². The highest BCUT2D eigenvalue weighted by atomic mass is 32.2. The summed E-state index contributed by atoms with van der Waals surface area (Å²) in [5.74, 6) is 1.44. The maximum atomic E-state index is 12.6. The van der Waals surface area contributed by atoms with Crippen LogP contribution in [0.5, 0.6) is 11.5 Å². The highest BCUT2D eigenvalue weighted by Gasteiger charge is 2.15. The summed E-state index contributed by atoms with van der Waals surface area (Å²) in [6, 6.07) is 24.3. The van der Waals surface area contributed by atoms with Crippen LogP contribution in [0.3, 0.4) is 0 Å². The Hall–Kier alpha value is -2.63. The lowest BCUT2D eigenvalue weighted by Crippen LogP contribution is -2.25. The summed E-state index contributed by atoms with van der Waals surface area (Å²) in [5.41, 5.74) is 2.34. The molecule has 3 aromatic rings. The van der Waals surface area contributed by atoms with Crippen LogP contribution in [0, 0.1) is 6.92 Å². The van der Waals surface area contributed by atoms with Gasteiger partial charge in [-0.25, -0.2) is 13.1 Å².